The number of anilines is 1. The highest BCUT2D eigenvalue weighted by Crippen LogP contribution is 2.33. The molecular weight excluding hydrogens is 541 g/mol. The van der Waals surface area contributed by atoms with Crippen LogP contribution in [-0.4, -0.2) is 32.9 Å². The van der Waals surface area contributed by atoms with Gasteiger partial charge >= 0.3 is 0 Å². The Morgan fingerprint density at radius 2 is 1.00 bits per heavy atom. The molecule has 1 aliphatic heterocycles. The van der Waals surface area contributed by atoms with E-state index < -0.39 is 20.0 Å². The van der Waals surface area contributed by atoms with E-state index in [1.165, 1.54) is 29.2 Å². The summed E-state index contributed by atoms with van der Waals surface area (Å²) in [5.74, 6) is -0.167. The Hall–Kier alpha value is -4.06. The summed E-state index contributed by atoms with van der Waals surface area (Å²) in [5, 5.41) is 0.179. The van der Waals surface area contributed by atoms with Gasteiger partial charge in [-0.25, -0.2) is 4.99 Å². The molecule has 5 rings (SSSR count). The minimum absolute atomic E-state index is 0.0296. The highest BCUT2D eigenvalue weighted by atomic mass is 32.2. The van der Waals surface area contributed by atoms with Gasteiger partial charge in [0.05, 0.1) is 15.5 Å². The van der Waals surface area contributed by atoms with E-state index in [0.717, 1.165) is 11.8 Å². The monoisotopic (exact) mass is 560 g/mol. The number of rotatable bonds is 6. The lowest BCUT2D eigenvalue weighted by Gasteiger charge is -2.18. The summed E-state index contributed by atoms with van der Waals surface area (Å²) in [4.78, 5) is 6.11. The van der Waals surface area contributed by atoms with Crippen LogP contribution in [0.4, 0.5) is 11.4 Å². The second-order valence-corrected chi connectivity index (χ2v) is 12.1. The molecule has 0 saturated carbocycles. The lowest BCUT2D eigenvalue weighted by Crippen LogP contribution is -2.32. The minimum atomic E-state index is -4.23. The summed E-state index contributed by atoms with van der Waals surface area (Å²) in [7, 11) is -8.42. The van der Waals surface area contributed by atoms with Crippen molar-refractivity contribution in [2.24, 2.45) is 13.8 Å². The van der Waals surface area contributed by atoms with Crippen molar-refractivity contribution in [1.29, 1.82) is 0 Å². The number of hydrogen-bond donors (Lipinski definition) is 0. The molecule has 190 valence electrons. The minimum Gasteiger partial charge on any atom is -0.270 e. The number of hydrogen-bond acceptors (Lipinski definition) is 6. The normalized spacial score (nSPS) is 17.4. The third kappa shape index (κ3) is 5.59. The second kappa shape index (κ2) is 10.7. The SMILES string of the molecule is O=S(=O)(/N=C1\SC(=Nc2ccccc2)N(c2ccccc2)\C1=N\S(=O)(=O)c1ccccc1)c1ccccc1. The van der Waals surface area contributed by atoms with E-state index in [1.54, 1.807) is 72.8 Å². The number of aliphatic imine (C=N–C) groups is 1. The summed E-state index contributed by atoms with van der Waals surface area (Å²) in [6.45, 7) is 0. The van der Waals surface area contributed by atoms with E-state index in [1.807, 2.05) is 24.3 Å². The van der Waals surface area contributed by atoms with E-state index in [4.69, 9.17) is 0 Å². The van der Waals surface area contributed by atoms with Crippen LogP contribution in [0.15, 0.2) is 145 Å². The van der Waals surface area contributed by atoms with Gasteiger partial charge in [0.1, 0.15) is 0 Å². The molecule has 0 N–H and O–H groups in total. The molecule has 1 aliphatic rings. The number of nitrogens with zero attached hydrogens (tertiary/aromatic N) is 4. The fourth-order valence-electron chi connectivity index (χ4n) is 3.51. The summed E-state index contributed by atoms with van der Waals surface area (Å²) in [6, 6.07) is 33.3. The van der Waals surface area contributed by atoms with Gasteiger partial charge in [0.15, 0.2) is 16.0 Å². The number of benzene rings is 4. The molecule has 4 aromatic carbocycles. The smallest absolute Gasteiger partial charge is 0.270 e. The van der Waals surface area contributed by atoms with E-state index in [0.29, 0.717) is 16.5 Å². The van der Waals surface area contributed by atoms with Gasteiger partial charge in [-0.1, -0.05) is 72.8 Å². The van der Waals surface area contributed by atoms with Gasteiger partial charge in [-0.3, -0.25) is 4.90 Å². The zero-order valence-electron chi connectivity index (χ0n) is 19.7. The molecule has 0 bridgehead atoms. The first-order valence-electron chi connectivity index (χ1n) is 11.3. The second-order valence-electron chi connectivity index (χ2n) is 7.89. The van der Waals surface area contributed by atoms with Crippen LogP contribution in [0.2, 0.25) is 0 Å². The lowest BCUT2D eigenvalue weighted by molar-refractivity contribution is 0.596. The van der Waals surface area contributed by atoms with Crippen molar-refractivity contribution in [3.8, 4) is 0 Å². The van der Waals surface area contributed by atoms with Crippen LogP contribution in [-0.2, 0) is 20.0 Å². The third-order valence-electron chi connectivity index (χ3n) is 5.27. The van der Waals surface area contributed by atoms with Crippen LogP contribution in [0, 0.1) is 0 Å². The van der Waals surface area contributed by atoms with Gasteiger partial charge < -0.3 is 0 Å². The summed E-state index contributed by atoms with van der Waals surface area (Å²) in [6.07, 6.45) is 0. The molecule has 0 aliphatic carbocycles. The molecule has 38 heavy (non-hydrogen) atoms. The molecule has 0 spiro atoms. The van der Waals surface area contributed by atoms with Crippen LogP contribution in [0.25, 0.3) is 0 Å². The van der Waals surface area contributed by atoms with Crippen molar-refractivity contribution in [2.75, 3.05) is 4.90 Å². The average molecular weight is 561 g/mol. The van der Waals surface area contributed by atoms with Crippen LogP contribution < -0.4 is 4.90 Å². The zero-order chi connectivity index (χ0) is 26.6. The first kappa shape index (κ1) is 25.6. The van der Waals surface area contributed by atoms with Crippen molar-refractivity contribution in [3.05, 3.63) is 121 Å². The number of sulfonamides is 2. The van der Waals surface area contributed by atoms with E-state index >= 15 is 0 Å². The first-order valence-corrected chi connectivity index (χ1v) is 15.0. The predicted molar refractivity (Wildman–Crippen MR) is 152 cm³/mol. The van der Waals surface area contributed by atoms with Crippen molar-refractivity contribution < 1.29 is 16.8 Å². The molecular formula is C27H20N4O4S3. The van der Waals surface area contributed by atoms with Crippen LogP contribution in [0.5, 0.6) is 0 Å². The van der Waals surface area contributed by atoms with Crippen molar-refractivity contribution >= 4 is 59.2 Å². The molecule has 0 unspecified atom stereocenters. The molecule has 1 saturated heterocycles. The van der Waals surface area contributed by atoms with Gasteiger partial charge in [0.25, 0.3) is 20.0 Å². The van der Waals surface area contributed by atoms with E-state index in [2.05, 4.69) is 13.8 Å². The van der Waals surface area contributed by atoms with Crippen molar-refractivity contribution in [3.63, 3.8) is 0 Å². The maximum Gasteiger partial charge on any atom is 0.284 e. The Balaban J connectivity index is 1.75. The van der Waals surface area contributed by atoms with Gasteiger partial charge in [-0.15, -0.1) is 8.80 Å². The molecule has 1 heterocycles. The van der Waals surface area contributed by atoms with Crippen LogP contribution in [0.3, 0.4) is 0 Å². The molecule has 4 aromatic rings. The Kier molecular flexibility index (Phi) is 7.23. The third-order valence-corrected chi connectivity index (χ3v) is 8.88. The molecule has 0 amide bonds. The Bertz CT molecular complexity index is 1740. The fraction of sp³-hybridized carbons (Fsp3) is 0. The van der Waals surface area contributed by atoms with Gasteiger partial charge in [0, 0.05) is 5.69 Å². The largest absolute Gasteiger partial charge is 0.284 e. The first-order chi connectivity index (χ1) is 18.3. The van der Waals surface area contributed by atoms with E-state index in [-0.39, 0.29) is 20.7 Å². The molecule has 0 radical (unpaired) electrons. The van der Waals surface area contributed by atoms with Gasteiger partial charge in [0.2, 0.25) is 0 Å². The highest BCUT2D eigenvalue weighted by molar-refractivity contribution is 8.30. The molecule has 1 fully saturated rings. The fourth-order valence-corrected chi connectivity index (χ4v) is 6.76. The summed E-state index contributed by atoms with van der Waals surface area (Å²) < 4.78 is 61.3. The highest BCUT2D eigenvalue weighted by Gasteiger charge is 2.38. The van der Waals surface area contributed by atoms with E-state index in [9.17, 15) is 16.8 Å². The standard InChI is InChI=1S/C27H20N4O4S3/c32-37(33,23-17-9-3-10-18-23)29-25-26(30-38(34,35)24-19-11-4-12-20-24)36-27(28-21-13-5-1-6-14-21)31(25)22-15-7-2-8-16-22/h1-20H/b28-27?,29-25+,30-26-. The van der Waals surface area contributed by atoms with Crippen molar-refractivity contribution in [1.82, 2.24) is 0 Å². The summed E-state index contributed by atoms with van der Waals surface area (Å²) in [5.41, 5.74) is 1.13. The van der Waals surface area contributed by atoms with Crippen LogP contribution >= 0.6 is 11.8 Å². The molecule has 0 aromatic heterocycles. The maximum absolute atomic E-state index is 13.3. The maximum atomic E-state index is 13.3. The van der Waals surface area contributed by atoms with Crippen LogP contribution in [0.1, 0.15) is 0 Å². The Morgan fingerprint density at radius 1 is 0.553 bits per heavy atom. The number of para-hydroxylation sites is 2. The molecule has 11 heteroatoms. The topological polar surface area (TPSA) is 109 Å². The number of thioether (sulfide) groups is 1. The van der Waals surface area contributed by atoms with Gasteiger partial charge in [-0.2, -0.15) is 16.8 Å². The predicted octanol–water partition coefficient (Wildman–Crippen LogP) is 5.50. The Labute approximate surface area is 225 Å². The number of amidine groups is 2. The lowest BCUT2D eigenvalue weighted by atomic mass is 10.3. The molecule has 0 atom stereocenters. The zero-order valence-corrected chi connectivity index (χ0v) is 22.1. The quantitative estimate of drug-likeness (QED) is 0.308. The molecule has 8 nitrogen and oxygen atoms in total. The van der Waals surface area contributed by atoms with Crippen molar-refractivity contribution in [2.45, 2.75) is 9.79 Å². The summed E-state index contributed by atoms with van der Waals surface area (Å²) >= 11 is 0.925. The van der Waals surface area contributed by atoms with Gasteiger partial charge in [-0.05, 0) is 60.3 Å². The average Bonchev–Trinajstić information content (AvgIpc) is 3.25. The Morgan fingerprint density at radius 3 is 1.53 bits per heavy atom.